The maximum atomic E-state index is 2.47. The minimum absolute atomic E-state index is 1.16. The van der Waals surface area contributed by atoms with Gasteiger partial charge in [0.1, 0.15) is 0 Å². The van der Waals surface area contributed by atoms with Gasteiger partial charge < -0.3 is 9.13 Å². The summed E-state index contributed by atoms with van der Waals surface area (Å²) in [5.74, 6) is 0. The first-order chi connectivity index (χ1) is 24.8. The number of hydrogen-bond donors (Lipinski definition) is 0. The molecule has 0 atom stereocenters. The Morgan fingerprint density at radius 2 is 0.660 bits per heavy atom. The Bertz CT molecular complexity index is 3110. The van der Waals surface area contributed by atoms with Gasteiger partial charge in [0.15, 0.2) is 0 Å². The number of para-hydroxylation sites is 2. The molecule has 0 bridgehead atoms. The summed E-state index contributed by atoms with van der Waals surface area (Å²) in [7, 11) is 0. The maximum absolute atomic E-state index is 2.47. The number of rotatable bonds is 3. The molecule has 9 aromatic carbocycles. The van der Waals surface area contributed by atoms with Crippen molar-refractivity contribution in [3.63, 3.8) is 0 Å². The van der Waals surface area contributed by atoms with E-state index < -0.39 is 0 Å². The summed E-state index contributed by atoms with van der Waals surface area (Å²) in [5, 5.41) is 12.7. The van der Waals surface area contributed by atoms with E-state index >= 15 is 0 Å². The van der Waals surface area contributed by atoms with Crippen molar-refractivity contribution in [2.75, 3.05) is 0 Å². The third-order valence-corrected chi connectivity index (χ3v) is 10.7. The molecule has 0 spiro atoms. The van der Waals surface area contributed by atoms with Crippen LogP contribution in [0.5, 0.6) is 0 Å². The number of fused-ring (bicyclic) bond motifs is 12. The molecule has 0 saturated heterocycles. The van der Waals surface area contributed by atoms with Crippen molar-refractivity contribution in [3.8, 4) is 22.5 Å². The van der Waals surface area contributed by atoms with Gasteiger partial charge in [0, 0.05) is 32.9 Å². The fourth-order valence-electron chi connectivity index (χ4n) is 8.48. The van der Waals surface area contributed by atoms with Gasteiger partial charge in [0.25, 0.3) is 0 Å². The second-order valence-corrected chi connectivity index (χ2v) is 13.3. The Morgan fingerprint density at radius 1 is 0.220 bits per heavy atom. The molecule has 0 saturated carbocycles. The van der Waals surface area contributed by atoms with E-state index in [1.54, 1.807) is 0 Å². The lowest BCUT2D eigenvalue weighted by molar-refractivity contribution is 1.18. The minimum Gasteiger partial charge on any atom is -0.309 e. The molecule has 11 rings (SSSR count). The molecule has 2 heterocycles. The van der Waals surface area contributed by atoms with Crippen molar-refractivity contribution in [1.29, 1.82) is 0 Å². The van der Waals surface area contributed by atoms with E-state index in [0.29, 0.717) is 0 Å². The molecule has 0 N–H and O–H groups in total. The molecule has 11 aromatic rings. The lowest BCUT2D eigenvalue weighted by Gasteiger charge is -2.14. The zero-order valence-corrected chi connectivity index (χ0v) is 27.2. The van der Waals surface area contributed by atoms with Gasteiger partial charge in [-0.3, -0.25) is 0 Å². The molecule has 0 radical (unpaired) electrons. The lowest BCUT2D eigenvalue weighted by Crippen LogP contribution is -1.95. The van der Waals surface area contributed by atoms with E-state index in [1.165, 1.54) is 92.7 Å². The van der Waals surface area contributed by atoms with Crippen LogP contribution in [-0.4, -0.2) is 9.13 Å². The van der Waals surface area contributed by atoms with Crippen LogP contribution in [0.25, 0.3) is 98.4 Å². The highest BCUT2D eigenvalue weighted by Crippen LogP contribution is 2.41. The van der Waals surface area contributed by atoms with Gasteiger partial charge >= 0.3 is 0 Å². The summed E-state index contributed by atoms with van der Waals surface area (Å²) in [5.41, 5.74) is 9.60. The lowest BCUT2D eigenvalue weighted by atomic mass is 9.94. The van der Waals surface area contributed by atoms with Gasteiger partial charge in [-0.15, -0.1) is 0 Å². The molecule has 0 aliphatic carbocycles. The van der Waals surface area contributed by atoms with Crippen molar-refractivity contribution < 1.29 is 0 Å². The Balaban J connectivity index is 1.22. The Morgan fingerprint density at radius 3 is 1.24 bits per heavy atom. The Kier molecular flexibility index (Phi) is 5.70. The number of nitrogens with zero attached hydrogens (tertiary/aromatic N) is 2. The Hall–Kier alpha value is -6.64. The smallest absolute Gasteiger partial charge is 0.0548 e. The van der Waals surface area contributed by atoms with Crippen molar-refractivity contribution >= 4 is 75.9 Å². The fraction of sp³-hybridized carbons (Fsp3) is 0. The van der Waals surface area contributed by atoms with E-state index in [9.17, 15) is 0 Å². The SMILES string of the molecule is c1ccc(-c2cccc(-n3c4ccccc4c4cc5c(cc43)c3ccccc3n5-c3ccc4c5ccccc5c5ccccc5c4c3)c2)cc1. The number of hydrogen-bond acceptors (Lipinski definition) is 0. The zero-order valence-electron chi connectivity index (χ0n) is 27.2. The van der Waals surface area contributed by atoms with Gasteiger partial charge in [0.2, 0.25) is 0 Å². The zero-order chi connectivity index (χ0) is 32.8. The van der Waals surface area contributed by atoms with Crippen LogP contribution in [0.15, 0.2) is 182 Å². The van der Waals surface area contributed by atoms with E-state index in [-0.39, 0.29) is 0 Å². The van der Waals surface area contributed by atoms with Gasteiger partial charge in [-0.2, -0.15) is 0 Å². The van der Waals surface area contributed by atoms with Crippen LogP contribution in [0.2, 0.25) is 0 Å². The summed E-state index contributed by atoms with van der Waals surface area (Å²) in [6.45, 7) is 0. The molecule has 2 nitrogen and oxygen atoms in total. The van der Waals surface area contributed by atoms with Crippen LogP contribution in [0, 0.1) is 0 Å². The highest BCUT2D eigenvalue weighted by atomic mass is 15.0. The summed E-state index contributed by atoms with van der Waals surface area (Å²) >= 11 is 0. The minimum atomic E-state index is 1.16. The highest BCUT2D eigenvalue weighted by Gasteiger charge is 2.19. The molecular weight excluding hydrogens is 605 g/mol. The molecule has 0 fully saturated rings. The van der Waals surface area contributed by atoms with Crippen LogP contribution in [-0.2, 0) is 0 Å². The van der Waals surface area contributed by atoms with Crippen molar-refractivity contribution in [2.45, 2.75) is 0 Å². The molecule has 232 valence electrons. The van der Waals surface area contributed by atoms with Crippen molar-refractivity contribution in [3.05, 3.63) is 182 Å². The normalized spacial score (nSPS) is 12.0. The third kappa shape index (κ3) is 3.85. The predicted molar refractivity (Wildman–Crippen MR) is 213 cm³/mol. The molecular formula is C48H30N2. The van der Waals surface area contributed by atoms with Crippen LogP contribution in [0.1, 0.15) is 0 Å². The van der Waals surface area contributed by atoms with Crippen LogP contribution in [0.4, 0.5) is 0 Å². The molecule has 2 heteroatoms. The molecule has 0 amide bonds. The first-order valence-electron chi connectivity index (χ1n) is 17.3. The van der Waals surface area contributed by atoms with Gasteiger partial charge in [0.05, 0.1) is 22.1 Å². The average Bonchev–Trinajstić information content (AvgIpc) is 3.69. The standard InChI is InChI=1S/C48H30N2/c1-2-13-31(14-3-1)32-15-12-16-33(27-32)49-45-23-10-8-21-40(45)43-30-48-44(29-47(43)49)41-22-9-11-24-46(41)50(48)34-25-26-39-37-19-5-4-17-35(37)36-18-6-7-20-38(36)42(39)28-34/h1-30H. The molecule has 0 aliphatic heterocycles. The number of benzene rings is 9. The Labute approximate surface area is 288 Å². The van der Waals surface area contributed by atoms with E-state index in [1.807, 2.05) is 0 Å². The fourth-order valence-corrected chi connectivity index (χ4v) is 8.48. The van der Waals surface area contributed by atoms with E-state index in [0.717, 1.165) is 5.69 Å². The largest absolute Gasteiger partial charge is 0.309 e. The maximum Gasteiger partial charge on any atom is 0.0548 e. The molecule has 2 aromatic heterocycles. The van der Waals surface area contributed by atoms with E-state index in [4.69, 9.17) is 0 Å². The first-order valence-corrected chi connectivity index (χ1v) is 17.3. The average molecular weight is 635 g/mol. The first kappa shape index (κ1) is 27.3. The second kappa shape index (κ2) is 10.4. The van der Waals surface area contributed by atoms with Crippen LogP contribution in [0.3, 0.4) is 0 Å². The van der Waals surface area contributed by atoms with Crippen molar-refractivity contribution in [1.82, 2.24) is 9.13 Å². The van der Waals surface area contributed by atoms with Crippen LogP contribution < -0.4 is 0 Å². The van der Waals surface area contributed by atoms with Gasteiger partial charge in [-0.05, 0) is 92.0 Å². The third-order valence-electron chi connectivity index (χ3n) is 10.7. The summed E-state index contributed by atoms with van der Waals surface area (Å²) in [4.78, 5) is 0. The van der Waals surface area contributed by atoms with Gasteiger partial charge in [-0.1, -0.05) is 133 Å². The quantitative estimate of drug-likeness (QED) is 0.171. The number of aromatic nitrogens is 2. The molecule has 50 heavy (non-hydrogen) atoms. The van der Waals surface area contributed by atoms with Crippen LogP contribution >= 0.6 is 0 Å². The summed E-state index contributed by atoms with van der Waals surface area (Å²) < 4.78 is 4.91. The van der Waals surface area contributed by atoms with E-state index in [2.05, 4.69) is 191 Å². The topological polar surface area (TPSA) is 9.86 Å². The predicted octanol–water partition coefficient (Wildman–Crippen LogP) is 13.0. The second-order valence-electron chi connectivity index (χ2n) is 13.3. The molecule has 0 aliphatic rings. The molecule has 0 unspecified atom stereocenters. The summed E-state index contributed by atoms with van der Waals surface area (Å²) in [6.07, 6.45) is 0. The van der Waals surface area contributed by atoms with Gasteiger partial charge in [-0.25, -0.2) is 0 Å². The monoisotopic (exact) mass is 634 g/mol. The van der Waals surface area contributed by atoms with Crippen molar-refractivity contribution in [2.24, 2.45) is 0 Å². The summed E-state index contributed by atoms with van der Waals surface area (Å²) in [6, 6.07) is 66.8. The highest BCUT2D eigenvalue weighted by molar-refractivity contribution is 6.26.